The first-order chi connectivity index (χ1) is 7.14. The van der Waals surface area contributed by atoms with E-state index >= 15 is 0 Å². The van der Waals surface area contributed by atoms with Gasteiger partial charge in [-0.15, -0.1) is 0 Å². The Morgan fingerprint density at radius 3 is 2.53 bits per heavy atom. The van der Waals surface area contributed by atoms with E-state index in [1.54, 1.807) is 5.01 Å². The largest absolute Gasteiger partial charge is 0.338 e. The third-order valence-electron chi connectivity index (χ3n) is 2.67. The number of rotatable bonds is 2. The molecule has 1 aromatic carbocycles. The van der Waals surface area contributed by atoms with Crippen molar-refractivity contribution in [3.8, 4) is 0 Å². The molecule has 80 valence electrons. The van der Waals surface area contributed by atoms with Crippen LogP contribution in [0.15, 0.2) is 30.3 Å². The Bertz CT molecular complexity index is 365. The van der Waals surface area contributed by atoms with E-state index in [2.05, 4.69) is 10.7 Å². The number of carbonyl (C=O) groups excluding carboxylic acids is 1. The molecule has 1 aromatic rings. The molecule has 4 nitrogen and oxygen atoms in total. The van der Waals surface area contributed by atoms with Crippen LogP contribution in [0.4, 0.5) is 10.5 Å². The molecule has 0 spiro atoms. The topological polar surface area (TPSA) is 44.4 Å². The molecule has 0 saturated carbocycles. The summed E-state index contributed by atoms with van der Waals surface area (Å²) < 4.78 is 0. The summed E-state index contributed by atoms with van der Waals surface area (Å²) in [6.45, 7) is 4.00. The van der Waals surface area contributed by atoms with E-state index in [4.69, 9.17) is 0 Å². The van der Waals surface area contributed by atoms with Gasteiger partial charge in [-0.1, -0.05) is 25.1 Å². The molecule has 1 saturated heterocycles. The molecular formula is C11H15N3O. The van der Waals surface area contributed by atoms with E-state index in [1.165, 1.54) is 0 Å². The van der Waals surface area contributed by atoms with Crippen molar-refractivity contribution in [2.45, 2.75) is 25.9 Å². The Morgan fingerprint density at radius 1 is 1.33 bits per heavy atom. The summed E-state index contributed by atoms with van der Waals surface area (Å²) in [4.78, 5) is 11.7. The molecule has 1 fully saturated rings. The number of carbonyl (C=O) groups is 1. The fourth-order valence-electron chi connectivity index (χ4n) is 1.54. The summed E-state index contributed by atoms with van der Waals surface area (Å²) in [5, 5.41) is 4.45. The number of hydrogen-bond donors (Lipinski definition) is 2. The maximum absolute atomic E-state index is 11.7. The van der Waals surface area contributed by atoms with Gasteiger partial charge in [-0.25, -0.2) is 15.2 Å². The van der Waals surface area contributed by atoms with Gasteiger partial charge in [0.2, 0.25) is 0 Å². The standard InChI is InChI=1S/C11H15N3O/c1-3-11(2)12-10(15)14(13-11)9-7-5-4-6-8-9/h4-8,13H,3H2,1-2H3,(H,12,15). The van der Waals surface area contributed by atoms with Gasteiger partial charge in [-0.3, -0.25) is 0 Å². The summed E-state index contributed by atoms with van der Waals surface area (Å²) >= 11 is 0. The molecule has 1 aliphatic heterocycles. The highest BCUT2D eigenvalue weighted by Crippen LogP contribution is 2.19. The smallest absolute Gasteiger partial charge is 0.317 e. The van der Waals surface area contributed by atoms with E-state index in [9.17, 15) is 4.79 Å². The van der Waals surface area contributed by atoms with Crippen molar-refractivity contribution in [2.24, 2.45) is 0 Å². The summed E-state index contributed by atoms with van der Waals surface area (Å²) in [7, 11) is 0. The van der Waals surface area contributed by atoms with Gasteiger partial charge in [0.05, 0.1) is 5.69 Å². The molecule has 2 rings (SSSR count). The van der Waals surface area contributed by atoms with Gasteiger partial charge in [-0.2, -0.15) is 0 Å². The molecule has 1 unspecified atom stereocenters. The van der Waals surface area contributed by atoms with Gasteiger partial charge >= 0.3 is 6.03 Å². The van der Waals surface area contributed by atoms with Crippen LogP contribution in [-0.2, 0) is 0 Å². The van der Waals surface area contributed by atoms with Crippen molar-refractivity contribution < 1.29 is 4.79 Å². The Hall–Kier alpha value is -1.55. The predicted molar refractivity (Wildman–Crippen MR) is 59.3 cm³/mol. The minimum atomic E-state index is -0.340. The molecule has 1 heterocycles. The number of hydrazine groups is 1. The van der Waals surface area contributed by atoms with Crippen LogP contribution in [0, 0.1) is 0 Å². The number of amides is 2. The summed E-state index contributed by atoms with van der Waals surface area (Å²) in [6.07, 6.45) is 0.835. The number of nitrogens with one attached hydrogen (secondary N) is 2. The van der Waals surface area contributed by atoms with E-state index in [-0.39, 0.29) is 11.7 Å². The lowest BCUT2D eigenvalue weighted by molar-refractivity contribution is 0.247. The van der Waals surface area contributed by atoms with Gasteiger partial charge < -0.3 is 5.32 Å². The predicted octanol–water partition coefficient (Wildman–Crippen LogP) is 1.85. The zero-order valence-corrected chi connectivity index (χ0v) is 8.95. The molecule has 4 heteroatoms. The third kappa shape index (κ3) is 1.80. The fourth-order valence-corrected chi connectivity index (χ4v) is 1.54. The highest BCUT2D eigenvalue weighted by Gasteiger charge is 2.37. The van der Waals surface area contributed by atoms with E-state index in [1.807, 2.05) is 44.2 Å². The molecule has 1 aliphatic rings. The Balaban J connectivity index is 2.23. The minimum absolute atomic E-state index is 0.106. The van der Waals surface area contributed by atoms with Crippen LogP contribution >= 0.6 is 0 Å². The third-order valence-corrected chi connectivity index (χ3v) is 2.67. The van der Waals surface area contributed by atoms with Crippen molar-refractivity contribution >= 4 is 11.7 Å². The van der Waals surface area contributed by atoms with Crippen molar-refractivity contribution in [1.82, 2.24) is 10.7 Å². The second kappa shape index (κ2) is 3.55. The SMILES string of the molecule is CCC1(C)NC(=O)N(c2ccccc2)N1. The van der Waals surface area contributed by atoms with Gasteiger partial charge in [0, 0.05) is 0 Å². The normalized spacial score (nSPS) is 25.5. The molecule has 2 N–H and O–H groups in total. The minimum Gasteiger partial charge on any atom is -0.317 e. The maximum atomic E-state index is 11.7. The summed E-state index contributed by atoms with van der Waals surface area (Å²) in [6, 6.07) is 9.43. The van der Waals surface area contributed by atoms with Crippen molar-refractivity contribution in [3.63, 3.8) is 0 Å². The Morgan fingerprint density at radius 2 is 2.00 bits per heavy atom. The number of benzene rings is 1. The summed E-state index contributed by atoms with van der Waals surface area (Å²) in [5.41, 5.74) is 3.67. The number of para-hydroxylation sites is 1. The van der Waals surface area contributed by atoms with Crippen LogP contribution in [0.1, 0.15) is 20.3 Å². The highest BCUT2D eigenvalue weighted by atomic mass is 16.2. The van der Waals surface area contributed by atoms with Crippen LogP contribution in [0.5, 0.6) is 0 Å². The Kier molecular flexibility index (Phi) is 2.36. The van der Waals surface area contributed by atoms with Gasteiger partial charge in [-0.05, 0) is 25.5 Å². The quantitative estimate of drug-likeness (QED) is 0.773. The number of hydrogen-bond acceptors (Lipinski definition) is 2. The van der Waals surface area contributed by atoms with Crippen LogP contribution in [0.2, 0.25) is 0 Å². The van der Waals surface area contributed by atoms with Gasteiger partial charge in [0.1, 0.15) is 5.66 Å². The van der Waals surface area contributed by atoms with E-state index < -0.39 is 0 Å². The zero-order chi connectivity index (χ0) is 10.9. The lowest BCUT2D eigenvalue weighted by Gasteiger charge is -2.23. The van der Waals surface area contributed by atoms with E-state index in [0.717, 1.165) is 12.1 Å². The lowest BCUT2D eigenvalue weighted by atomic mass is 10.2. The number of urea groups is 1. The first-order valence-corrected chi connectivity index (χ1v) is 5.10. The van der Waals surface area contributed by atoms with Crippen molar-refractivity contribution in [1.29, 1.82) is 0 Å². The van der Waals surface area contributed by atoms with Gasteiger partial charge in [0.15, 0.2) is 0 Å². The molecule has 0 aliphatic carbocycles. The van der Waals surface area contributed by atoms with Crippen molar-refractivity contribution in [2.75, 3.05) is 5.01 Å². The lowest BCUT2D eigenvalue weighted by Crippen LogP contribution is -2.47. The molecule has 15 heavy (non-hydrogen) atoms. The molecule has 0 radical (unpaired) electrons. The van der Waals surface area contributed by atoms with Crippen molar-refractivity contribution in [3.05, 3.63) is 30.3 Å². The Labute approximate surface area is 89.2 Å². The average molecular weight is 205 g/mol. The molecule has 0 aromatic heterocycles. The molecular weight excluding hydrogens is 190 g/mol. The molecule has 0 bridgehead atoms. The first-order valence-electron chi connectivity index (χ1n) is 5.10. The monoisotopic (exact) mass is 205 g/mol. The van der Waals surface area contributed by atoms with Crippen LogP contribution in [0.25, 0.3) is 0 Å². The van der Waals surface area contributed by atoms with Crippen LogP contribution in [-0.4, -0.2) is 11.7 Å². The zero-order valence-electron chi connectivity index (χ0n) is 8.95. The molecule has 1 atom stereocenters. The second-order valence-electron chi connectivity index (χ2n) is 3.90. The van der Waals surface area contributed by atoms with E-state index in [0.29, 0.717) is 0 Å². The van der Waals surface area contributed by atoms with Crippen LogP contribution in [0.3, 0.4) is 0 Å². The number of nitrogens with zero attached hydrogens (tertiary/aromatic N) is 1. The highest BCUT2D eigenvalue weighted by molar-refractivity contribution is 5.93. The first kappa shape index (κ1) is 9.98. The fraction of sp³-hybridized carbons (Fsp3) is 0.364. The summed E-state index contributed by atoms with van der Waals surface area (Å²) in [5.74, 6) is 0. The van der Waals surface area contributed by atoms with Gasteiger partial charge in [0.25, 0.3) is 0 Å². The maximum Gasteiger partial charge on any atom is 0.338 e. The average Bonchev–Trinajstić information content (AvgIpc) is 2.57. The molecule has 2 amide bonds. The second-order valence-corrected chi connectivity index (χ2v) is 3.90. The number of anilines is 1. The van der Waals surface area contributed by atoms with Crippen LogP contribution < -0.4 is 15.8 Å².